The zero-order chi connectivity index (χ0) is 34.5. The highest BCUT2D eigenvalue weighted by Crippen LogP contribution is 2.30. The summed E-state index contributed by atoms with van der Waals surface area (Å²) < 4.78 is 36.8. The summed E-state index contributed by atoms with van der Waals surface area (Å²) in [5.74, 6) is -5.61. The molecule has 1 aliphatic rings. The van der Waals surface area contributed by atoms with Crippen LogP contribution < -0.4 is 14.8 Å². The van der Waals surface area contributed by atoms with Crippen molar-refractivity contribution in [3.05, 3.63) is 59.4 Å². The lowest BCUT2D eigenvalue weighted by atomic mass is 10.0. The maximum atomic E-state index is 13.4. The molecule has 0 bridgehead atoms. The monoisotopic (exact) mass is 656 g/mol. The van der Waals surface area contributed by atoms with E-state index in [9.17, 15) is 28.8 Å². The summed E-state index contributed by atoms with van der Waals surface area (Å²) in [6.07, 6.45) is -0.269. The van der Waals surface area contributed by atoms with Crippen molar-refractivity contribution in [3.8, 4) is 11.5 Å². The summed E-state index contributed by atoms with van der Waals surface area (Å²) in [6.45, 7) is 3.34. The van der Waals surface area contributed by atoms with Crippen molar-refractivity contribution in [2.24, 2.45) is 5.92 Å². The minimum atomic E-state index is -1.52. The molecule has 0 aliphatic carbocycles. The Morgan fingerprint density at radius 3 is 2.40 bits per heavy atom. The molecule has 1 saturated heterocycles. The average Bonchev–Trinajstić information content (AvgIpc) is 3.09. The lowest BCUT2D eigenvalue weighted by Gasteiger charge is -2.25. The van der Waals surface area contributed by atoms with Crippen LogP contribution in [0, 0.1) is 5.92 Å². The Labute approximate surface area is 270 Å². The molecule has 1 aromatic heterocycles. The van der Waals surface area contributed by atoms with Crippen LogP contribution in [0.4, 0.5) is 0 Å². The van der Waals surface area contributed by atoms with E-state index in [4.69, 9.17) is 28.4 Å². The molecule has 15 nitrogen and oxygen atoms in total. The first-order chi connectivity index (χ1) is 22.4. The van der Waals surface area contributed by atoms with Crippen molar-refractivity contribution < 1.29 is 61.9 Å². The molecule has 3 atom stereocenters. The number of nitrogens with zero attached hydrogens (tertiary/aromatic N) is 1. The molecule has 0 radical (unpaired) electrons. The molecule has 0 unspecified atom stereocenters. The van der Waals surface area contributed by atoms with Gasteiger partial charge in [-0.25, -0.2) is 14.6 Å². The van der Waals surface area contributed by atoms with Crippen molar-refractivity contribution in [1.82, 2.24) is 10.3 Å². The molecule has 1 aromatic carbocycles. The van der Waals surface area contributed by atoms with E-state index < -0.39 is 73.3 Å². The van der Waals surface area contributed by atoms with E-state index >= 15 is 0 Å². The Kier molecular flexibility index (Phi) is 13.2. The highest BCUT2D eigenvalue weighted by atomic mass is 16.7. The Balaban J connectivity index is 1.83. The number of ether oxygens (including phenoxy) is 7. The van der Waals surface area contributed by atoms with Gasteiger partial charge in [0.05, 0.1) is 38.6 Å². The largest absolute Gasteiger partial charge is 0.493 e. The number of hydrogen-bond donors (Lipinski definition) is 1. The van der Waals surface area contributed by atoms with Crippen LogP contribution in [0.15, 0.2) is 48.2 Å². The summed E-state index contributed by atoms with van der Waals surface area (Å²) in [4.78, 5) is 79.8. The first-order valence-electron chi connectivity index (χ1n) is 14.5. The molecule has 252 valence electrons. The average molecular weight is 657 g/mol. The molecular formula is C32H36N2O13. The number of esters is 5. The minimum Gasteiger partial charge on any atom is -0.493 e. The third kappa shape index (κ3) is 10.3. The fraction of sp³-hybridized carbons (Fsp3) is 0.406. The number of methoxy groups -OCH3 is 2. The lowest BCUT2D eigenvalue weighted by Crippen LogP contribution is -2.46. The number of pyridine rings is 1. The zero-order valence-corrected chi connectivity index (χ0v) is 26.5. The van der Waals surface area contributed by atoms with Crippen LogP contribution in [0.25, 0.3) is 6.08 Å². The SMILES string of the molecule is COC(=O)CCC(=O)OCOc1c(OC)ccnc1C(=O)N[C@H]1COC(=O)/C(=C/c2ccccc2)[C@@H](OC(=O)C(C)C)[C@H](C)OC1=O. The van der Waals surface area contributed by atoms with Crippen molar-refractivity contribution in [3.63, 3.8) is 0 Å². The van der Waals surface area contributed by atoms with E-state index in [0.29, 0.717) is 5.56 Å². The second-order valence-electron chi connectivity index (χ2n) is 10.3. The second kappa shape index (κ2) is 17.3. The van der Waals surface area contributed by atoms with E-state index in [1.165, 1.54) is 39.5 Å². The van der Waals surface area contributed by atoms with E-state index in [1.807, 2.05) is 0 Å². The minimum absolute atomic E-state index is 0.0401. The Morgan fingerprint density at radius 1 is 1.04 bits per heavy atom. The van der Waals surface area contributed by atoms with Gasteiger partial charge in [-0.15, -0.1) is 0 Å². The molecule has 3 rings (SSSR count). The molecule has 1 fully saturated rings. The highest BCUT2D eigenvalue weighted by molar-refractivity contribution is 5.99. The van der Waals surface area contributed by atoms with Crippen LogP contribution in [-0.2, 0) is 47.7 Å². The Hall–Kier alpha value is -5.47. The van der Waals surface area contributed by atoms with E-state index in [1.54, 1.807) is 44.2 Å². The number of aromatic nitrogens is 1. The van der Waals surface area contributed by atoms with Crippen LogP contribution >= 0.6 is 0 Å². The van der Waals surface area contributed by atoms with Crippen molar-refractivity contribution in [2.75, 3.05) is 27.6 Å². The summed E-state index contributed by atoms with van der Waals surface area (Å²) >= 11 is 0. The topological polar surface area (TPSA) is 192 Å². The fourth-order valence-corrected chi connectivity index (χ4v) is 4.05. The molecular weight excluding hydrogens is 620 g/mol. The number of cyclic esters (lactones) is 2. The van der Waals surface area contributed by atoms with Crippen LogP contribution in [-0.4, -0.2) is 86.6 Å². The molecule has 15 heteroatoms. The number of rotatable bonds is 12. The van der Waals surface area contributed by atoms with Gasteiger partial charge in [0.1, 0.15) is 12.7 Å². The maximum Gasteiger partial charge on any atom is 0.338 e. The lowest BCUT2D eigenvalue weighted by molar-refractivity contribution is -0.166. The summed E-state index contributed by atoms with van der Waals surface area (Å²) in [7, 11) is 2.48. The van der Waals surface area contributed by atoms with Gasteiger partial charge in [-0.2, -0.15) is 0 Å². The molecule has 0 saturated carbocycles. The van der Waals surface area contributed by atoms with Gasteiger partial charge in [0, 0.05) is 12.3 Å². The molecule has 1 aliphatic heterocycles. The number of carbonyl (C=O) groups excluding carboxylic acids is 6. The van der Waals surface area contributed by atoms with E-state index in [-0.39, 0.29) is 35.6 Å². The normalized spacial score (nSPS) is 18.9. The van der Waals surface area contributed by atoms with Gasteiger partial charge in [0.15, 0.2) is 29.3 Å². The smallest absolute Gasteiger partial charge is 0.338 e. The van der Waals surface area contributed by atoms with Gasteiger partial charge in [-0.05, 0) is 18.6 Å². The molecule has 2 heterocycles. The molecule has 2 aromatic rings. The van der Waals surface area contributed by atoms with Crippen molar-refractivity contribution >= 4 is 41.8 Å². The van der Waals surface area contributed by atoms with E-state index in [0.717, 1.165) is 0 Å². The number of carbonyl (C=O) groups is 6. The Bertz CT molecular complexity index is 1490. The number of nitrogens with one attached hydrogen (secondary N) is 1. The predicted molar refractivity (Wildman–Crippen MR) is 161 cm³/mol. The van der Waals surface area contributed by atoms with Gasteiger partial charge in [-0.1, -0.05) is 44.2 Å². The first-order valence-corrected chi connectivity index (χ1v) is 14.5. The van der Waals surface area contributed by atoms with Gasteiger partial charge < -0.3 is 38.5 Å². The molecule has 1 amide bonds. The van der Waals surface area contributed by atoms with Crippen LogP contribution in [0.5, 0.6) is 11.5 Å². The van der Waals surface area contributed by atoms with Gasteiger partial charge in [0.25, 0.3) is 5.91 Å². The van der Waals surface area contributed by atoms with Crippen molar-refractivity contribution in [1.29, 1.82) is 0 Å². The quantitative estimate of drug-likeness (QED) is 0.151. The summed E-state index contributed by atoms with van der Waals surface area (Å²) in [5, 5.41) is 2.41. The van der Waals surface area contributed by atoms with Crippen LogP contribution in [0.3, 0.4) is 0 Å². The molecule has 0 spiro atoms. The van der Waals surface area contributed by atoms with Gasteiger partial charge in [0.2, 0.25) is 6.79 Å². The van der Waals surface area contributed by atoms with Gasteiger partial charge >= 0.3 is 29.8 Å². The van der Waals surface area contributed by atoms with Gasteiger partial charge in [-0.3, -0.25) is 19.2 Å². The van der Waals surface area contributed by atoms with E-state index in [2.05, 4.69) is 15.0 Å². The zero-order valence-electron chi connectivity index (χ0n) is 26.5. The molecule has 1 N–H and O–H groups in total. The van der Waals surface area contributed by atoms with Crippen LogP contribution in [0.2, 0.25) is 0 Å². The third-order valence-electron chi connectivity index (χ3n) is 6.57. The maximum absolute atomic E-state index is 13.4. The summed E-state index contributed by atoms with van der Waals surface area (Å²) in [6, 6.07) is 8.57. The predicted octanol–water partition coefficient (Wildman–Crippen LogP) is 2.16. The van der Waals surface area contributed by atoms with Crippen molar-refractivity contribution in [2.45, 2.75) is 51.9 Å². The fourth-order valence-electron chi connectivity index (χ4n) is 4.05. The first kappa shape index (κ1) is 36.0. The second-order valence-corrected chi connectivity index (χ2v) is 10.3. The van der Waals surface area contributed by atoms with Crippen LogP contribution in [0.1, 0.15) is 49.7 Å². The molecule has 47 heavy (non-hydrogen) atoms. The third-order valence-corrected chi connectivity index (χ3v) is 6.57. The summed E-state index contributed by atoms with van der Waals surface area (Å²) in [5.41, 5.74) is 0.151. The Morgan fingerprint density at radius 2 is 1.74 bits per heavy atom. The standard InChI is InChI=1S/C32H36N2O13/c1-18(2)30(38)47-27-19(3)46-32(40)22(16-43-31(39)21(27)15-20-9-7-6-8-10-20)34-29(37)26-28(23(41-4)13-14-33-26)45-17-44-25(36)12-11-24(35)42-5/h6-10,13-15,18-19,22,27H,11-12,16-17H2,1-5H3,(H,34,37)/b21-15+/t19-,22-,27-/m0/s1. The number of hydrogen-bond acceptors (Lipinski definition) is 14. The number of amides is 1. The number of benzene rings is 1. The highest BCUT2D eigenvalue weighted by Gasteiger charge is 2.39.